The van der Waals surface area contributed by atoms with E-state index in [1.165, 1.54) is 11.3 Å². The summed E-state index contributed by atoms with van der Waals surface area (Å²) in [6.07, 6.45) is 0. The minimum absolute atomic E-state index is 0.272. The Morgan fingerprint density at radius 2 is 1.79 bits per heavy atom. The Morgan fingerprint density at radius 1 is 1.17 bits per heavy atom. The van der Waals surface area contributed by atoms with Gasteiger partial charge in [-0.1, -0.05) is 51.8 Å². The fourth-order valence-electron chi connectivity index (χ4n) is 2.87. The van der Waals surface area contributed by atoms with Crippen molar-refractivity contribution in [3.63, 3.8) is 0 Å². The largest absolute Gasteiger partial charge is 0.755 e. The smallest absolute Gasteiger partial charge is 0.348 e. The zero-order valence-electron chi connectivity index (χ0n) is 15.2. The molecule has 0 aliphatic rings. The van der Waals surface area contributed by atoms with Gasteiger partial charge in [-0.2, -0.15) is 0 Å². The molecular formula is C20H16BrClNO4S2-. The van der Waals surface area contributed by atoms with Crippen molar-refractivity contribution in [3.05, 3.63) is 64.0 Å². The van der Waals surface area contributed by atoms with E-state index < -0.39 is 17.2 Å². The van der Waals surface area contributed by atoms with Crippen molar-refractivity contribution in [1.82, 2.24) is 0 Å². The van der Waals surface area contributed by atoms with Gasteiger partial charge in [-0.15, -0.1) is 11.3 Å². The number of hydrogen-bond donors (Lipinski definition) is 1. The van der Waals surface area contributed by atoms with Crippen molar-refractivity contribution in [3.8, 4) is 21.6 Å². The van der Waals surface area contributed by atoms with Crippen molar-refractivity contribution in [2.75, 3.05) is 11.3 Å². The van der Waals surface area contributed by atoms with Gasteiger partial charge in [0.15, 0.2) is 0 Å². The van der Waals surface area contributed by atoms with Gasteiger partial charge < -0.3 is 14.0 Å². The van der Waals surface area contributed by atoms with E-state index in [4.69, 9.17) is 16.3 Å². The third-order valence-corrected chi connectivity index (χ3v) is 6.56. The first-order valence-electron chi connectivity index (χ1n) is 8.55. The van der Waals surface area contributed by atoms with Crippen molar-refractivity contribution in [2.45, 2.75) is 12.3 Å². The second kappa shape index (κ2) is 9.86. The molecule has 0 amide bonds. The van der Waals surface area contributed by atoms with Crippen LogP contribution in [-0.4, -0.2) is 21.3 Å². The summed E-state index contributed by atoms with van der Waals surface area (Å²) in [7, 11) is 0. The second-order valence-electron chi connectivity index (χ2n) is 5.89. The molecule has 3 aromatic rings. The van der Waals surface area contributed by atoms with Crippen LogP contribution < -0.4 is 4.72 Å². The van der Waals surface area contributed by atoms with Gasteiger partial charge in [0.1, 0.15) is 4.88 Å². The maximum atomic E-state index is 12.7. The number of nitrogens with one attached hydrogen (secondary N) is 1. The Balaban J connectivity index is 2.16. The minimum atomic E-state index is -2.40. The highest BCUT2D eigenvalue weighted by Gasteiger charge is 2.25. The number of anilines is 1. The van der Waals surface area contributed by atoms with E-state index >= 15 is 0 Å². The van der Waals surface area contributed by atoms with Crippen molar-refractivity contribution in [1.29, 1.82) is 0 Å². The quantitative estimate of drug-likeness (QED) is 0.238. The molecule has 1 heterocycles. The van der Waals surface area contributed by atoms with Crippen molar-refractivity contribution >= 4 is 61.8 Å². The summed E-state index contributed by atoms with van der Waals surface area (Å²) in [6, 6.07) is 14.3. The van der Waals surface area contributed by atoms with Crippen LogP contribution in [0.5, 0.6) is 0 Å². The number of carbonyl (C=O) groups is 1. The molecule has 3 rings (SSSR count). The standard InChI is InChI=1S/C20H17BrClNO4S2/c1-2-27-20(24)19-17(12-5-9-15(10-6-12)23-29(25)26)16(11-21)18(28-19)13-3-7-14(22)8-4-13/h3-10,23H,2,11H2,1H3,(H,25,26)/p-1. The average Bonchev–Trinajstić information content (AvgIpc) is 3.08. The summed E-state index contributed by atoms with van der Waals surface area (Å²) >= 11 is 8.53. The summed E-state index contributed by atoms with van der Waals surface area (Å²) in [4.78, 5) is 14.1. The Bertz CT molecular complexity index is 1040. The van der Waals surface area contributed by atoms with E-state index in [0.717, 1.165) is 27.1 Å². The molecule has 1 atom stereocenters. The third-order valence-electron chi connectivity index (χ3n) is 4.08. The third kappa shape index (κ3) is 5.07. The van der Waals surface area contributed by atoms with E-state index in [9.17, 15) is 13.6 Å². The van der Waals surface area contributed by atoms with E-state index in [1.54, 1.807) is 31.2 Å². The molecular weight excluding hydrogens is 498 g/mol. The second-order valence-corrected chi connectivity index (χ2v) is 8.58. The molecule has 29 heavy (non-hydrogen) atoms. The average molecular weight is 514 g/mol. The van der Waals surface area contributed by atoms with Gasteiger partial charge >= 0.3 is 5.97 Å². The molecule has 0 saturated carbocycles. The van der Waals surface area contributed by atoms with Gasteiger partial charge in [0.25, 0.3) is 0 Å². The van der Waals surface area contributed by atoms with Crippen LogP contribution in [0.3, 0.4) is 0 Å². The highest BCUT2D eigenvalue weighted by atomic mass is 79.9. The fraction of sp³-hybridized carbons (Fsp3) is 0.150. The number of carbonyl (C=O) groups excluding carboxylic acids is 1. The van der Waals surface area contributed by atoms with Crippen molar-refractivity contribution < 1.29 is 18.3 Å². The Kier molecular flexibility index (Phi) is 7.48. The molecule has 5 nitrogen and oxygen atoms in total. The van der Waals surface area contributed by atoms with E-state index in [0.29, 0.717) is 20.9 Å². The first-order valence-corrected chi connectivity index (χ1v) is 11.9. The molecule has 2 aromatic carbocycles. The van der Waals surface area contributed by atoms with E-state index in [-0.39, 0.29) is 6.61 Å². The topological polar surface area (TPSA) is 78.5 Å². The summed E-state index contributed by atoms with van der Waals surface area (Å²) in [6.45, 7) is 2.04. The van der Waals surface area contributed by atoms with Crippen molar-refractivity contribution in [2.24, 2.45) is 0 Å². The molecule has 0 aliphatic carbocycles. The Hall–Kier alpha value is -1.71. The van der Waals surface area contributed by atoms with Crippen LogP contribution in [0.25, 0.3) is 21.6 Å². The molecule has 0 fully saturated rings. The minimum Gasteiger partial charge on any atom is -0.755 e. The number of alkyl halides is 1. The molecule has 0 saturated heterocycles. The van der Waals surface area contributed by atoms with Gasteiger partial charge in [0.05, 0.1) is 6.61 Å². The van der Waals surface area contributed by atoms with Crippen LogP contribution in [-0.2, 0) is 21.3 Å². The summed E-state index contributed by atoms with van der Waals surface area (Å²) in [5.41, 5.74) is 3.90. The molecule has 152 valence electrons. The number of ether oxygens (including phenoxy) is 1. The highest BCUT2D eigenvalue weighted by Crippen LogP contribution is 2.44. The highest BCUT2D eigenvalue weighted by molar-refractivity contribution is 9.08. The number of benzene rings is 2. The molecule has 0 spiro atoms. The van der Waals surface area contributed by atoms with Gasteiger partial charge in [0, 0.05) is 37.7 Å². The number of hydrogen-bond acceptors (Lipinski definition) is 5. The lowest BCUT2D eigenvalue weighted by molar-refractivity contribution is 0.0533. The monoisotopic (exact) mass is 512 g/mol. The molecule has 0 bridgehead atoms. The van der Waals surface area contributed by atoms with Crippen LogP contribution >= 0.6 is 38.9 Å². The Labute approximate surface area is 188 Å². The first kappa shape index (κ1) is 22.0. The fourth-order valence-corrected chi connectivity index (χ4v) is 5.32. The number of esters is 1. The molecule has 9 heteroatoms. The predicted octanol–water partition coefficient (Wildman–Crippen LogP) is 6.01. The lowest BCUT2D eigenvalue weighted by Gasteiger charge is -2.11. The molecule has 1 N–H and O–H groups in total. The lowest BCUT2D eigenvalue weighted by atomic mass is 9.98. The Morgan fingerprint density at radius 3 is 2.34 bits per heavy atom. The maximum Gasteiger partial charge on any atom is 0.348 e. The predicted molar refractivity (Wildman–Crippen MR) is 121 cm³/mol. The maximum absolute atomic E-state index is 12.7. The molecule has 1 unspecified atom stereocenters. The zero-order chi connectivity index (χ0) is 21.0. The van der Waals surface area contributed by atoms with Gasteiger partial charge in [-0.25, -0.2) is 4.79 Å². The van der Waals surface area contributed by atoms with Gasteiger partial charge in [0.2, 0.25) is 0 Å². The van der Waals surface area contributed by atoms with E-state index in [2.05, 4.69) is 20.7 Å². The van der Waals surface area contributed by atoms with Crippen LogP contribution in [0.4, 0.5) is 5.69 Å². The SMILES string of the molecule is CCOC(=O)c1sc(-c2ccc(Cl)cc2)c(CBr)c1-c1ccc(NS(=O)[O-])cc1. The zero-order valence-corrected chi connectivity index (χ0v) is 19.2. The number of halogens is 2. The summed E-state index contributed by atoms with van der Waals surface area (Å²) < 4.78 is 29.3. The molecule has 0 radical (unpaired) electrons. The van der Waals surface area contributed by atoms with Crippen LogP contribution in [0.1, 0.15) is 22.2 Å². The summed E-state index contributed by atoms with van der Waals surface area (Å²) in [5.74, 6) is -0.391. The number of rotatable bonds is 7. The number of thiophene rings is 1. The van der Waals surface area contributed by atoms with Gasteiger partial charge in [-0.3, -0.25) is 4.21 Å². The van der Waals surface area contributed by atoms with Crippen LogP contribution in [0, 0.1) is 0 Å². The molecule has 0 aliphatic heterocycles. The van der Waals surface area contributed by atoms with Gasteiger partial charge in [-0.05, 0) is 47.9 Å². The first-order chi connectivity index (χ1) is 13.9. The molecule has 1 aromatic heterocycles. The van der Waals surface area contributed by atoms with Crippen LogP contribution in [0.15, 0.2) is 48.5 Å². The van der Waals surface area contributed by atoms with E-state index in [1.807, 2.05) is 24.3 Å². The van der Waals surface area contributed by atoms with Crippen LogP contribution in [0.2, 0.25) is 5.02 Å². The summed E-state index contributed by atoms with van der Waals surface area (Å²) in [5, 5.41) is 1.16. The normalized spacial score (nSPS) is 11.9. The lowest BCUT2D eigenvalue weighted by Crippen LogP contribution is -2.04.